The van der Waals surface area contributed by atoms with Gasteiger partial charge < -0.3 is 10.4 Å². The van der Waals surface area contributed by atoms with E-state index in [1.807, 2.05) is 24.3 Å². The van der Waals surface area contributed by atoms with Crippen LogP contribution in [0.4, 0.5) is 5.13 Å². The summed E-state index contributed by atoms with van der Waals surface area (Å²) >= 11 is 7.41. The number of nitrogens with zero attached hydrogens (tertiary/aromatic N) is 2. The molecule has 6 nitrogen and oxygen atoms in total. The lowest BCUT2D eigenvalue weighted by atomic mass is 10.1. The van der Waals surface area contributed by atoms with Gasteiger partial charge in [0.05, 0.1) is 15.9 Å². The molecule has 0 spiro atoms. The quantitative estimate of drug-likeness (QED) is 0.455. The summed E-state index contributed by atoms with van der Waals surface area (Å²) in [6.07, 6.45) is 0. The number of amides is 1. The monoisotopic (exact) mass is 388 g/mol. The van der Waals surface area contributed by atoms with Gasteiger partial charge in [-0.2, -0.15) is 5.10 Å². The molecule has 0 radical (unpaired) electrons. The zero-order valence-corrected chi connectivity index (χ0v) is 15.7. The predicted molar refractivity (Wildman–Crippen MR) is 106 cm³/mol. The third kappa shape index (κ3) is 4.12. The predicted octanol–water partition coefficient (Wildman–Crippen LogP) is 4.00. The zero-order valence-electron chi connectivity index (χ0n) is 14.2. The molecule has 0 saturated heterocycles. The van der Waals surface area contributed by atoms with Gasteiger partial charge in [-0.1, -0.05) is 35.1 Å². The van der Waals surface area contributed by atoms with E-state index in [1.165, 1.54) is 17.4 Å². The fraction of sp³-hybridized carbons (Fsp3) is 0.167. The van der Waals surface area contributed by atoms with Crippen molar-refractivity contribution in [2.24, 2.45) is 5.10 Å². The van der Waals surface area contributed by atoms with E-state index in [1.54, 1.807) is 26.0 Å². The zero-order chi connectivity index (χ0) is 18.7. The maximum atomic E-state index is 12.3. The fourth-order valence-electron chi connectivity index (χ4n) is 2.28. The van der Waals surface area contributed by atoms with Crippen molar-refractivity contribution in [3.8, 4) is 5.75 Å². The summed E-state index contributed by atoms with van der Waals surface area (Å²) in [7, 11) is 0. The molecule has 3 rings (SSSR count). The number of fused-ring (bicyclic) bond motifs is 1. The minimum atomic E-state index is -0.528. The number of nitrogens with one attached hydrogen (secondary N) is 2. The largest absolute Gasteiger partial charge is 0.507 e. The smallest absolute Gasteiger partial charge is 0.262 e. The highest BCUT2D eigenvalue weighted by Gasteiger charge is 2.15. The topological polar surface area (TPSA) is 86.6 Å². The van der Waals surface area contributed by atoms with Crippen molar-refractivity contribution in [2.45, 2.75) is 19.9 Å². The summed E-state index contributed by atoms with van der Waals surface area (Å²) in [4.78, 5) is 16.7. The summed E-state index contributed by atoms with van der Waals surface area (Å²) in [6.45, 7) is 3.40. The van der Waals surface area contributed by atoms with E-state index in [-0.39, 0.29) is 11.7 Å². The van der Waals surface area contributed by atoms with Gasteiger partial charge in [-0.25, -0.2) is 10.4 Å². The van der Waals surface area contributed by atoms with Crippen LogP contribution < -0.4 is 10.7 Å². The molecule has 134 valence electrons. The minimum absolute atomic E-state index is 0.0468. The Kier molecular flexibility index (Phi) is 5.39. The van der Waals surface area contributed by atoms with Crippen molar-refractivity contribution < 1.29 is 9.90 Å². The van der Waals surface area contributed by atoms with Gasteiger partial charge >= 0.3 is 0 Å². The molecule has 8 heteroatoms. The van der Waals surface area contributed by atoms with Crippen molar-refractivity contribution in [3.05, 3.63) is 53.1 Å². The number of carbonyl (C=O) groups excluding carboxylic acids is 1. The van der Waals surface area contributed by atoms with Crippen molar-refractivity contribution in [1.82, 2.24) is 10.4 Å². The van der Waals surface area contributed by atoms with Crippen LogP contribution in [-0.4, -0.2) is 27.8 Å². The molecule has 1 aromatic heterocycles. The molecule has 26 heavy (non-hydrogen) atoms. The molecule has 0 saturated carbocycles. The summed E-state index contributed by atoms with van der Waals surface area (Å²) in [6, 6.07) is 11.9. The molecular weight excluding hydrogens is 372 g/mol. The second-order valence-electron chi connectivity index (χ2n) is 5.69. The van der Waals surface area contributed by atoms with E-state index in [9.17, 15) is 9.90 Å². The number of aromatic hydroxyl groups is 1. The van der Waals surface area contributed by atoms with Crippen molar-refractivity contribution in [3.63, 3.8) is 0 Å². The van der Waals surface area contributed by atoms with Gasteiger partial charge in [0.25, 0.3) is 5.91 Å². The maximum absolute atomic E-state index is 12.3. The number of phenols is 1. The number of hydrogen-bond donors (Lipinski definition) is 3. The Bertz CT molecular complexity index is 953. The standard InChI is InChI=1S/C18H17ClN4O2S/c1-10(13-9-12(19)7-8-15(13)24)22-23-17(25)11(2)20-18-21-14-5-3-4-6-16(14)26-18/h3-9,11,24H,1-2H3,(H,20,21)(H,23,25)/b22-10+/t11-/m1/s1. The summed E-state index contributed by atoms with van der Waals surface area (Å²) in [5.41, 5.74) is 4.29. The average molecular weight is 389 g/mol. The molecule has 0 aliphatic heterocycles. The van der Waals surface area contributed by atoms with E-state index in [0.717, 1.165) is 10.2 Å². The first-order chi connectivity index (χ1) is 12.4. The van der Waals surface area contributed by atoms with Crippen LogP contribution in [0, 0.1) is 0 Å². The molecule has 1 atom stereocenters. The molecule has 2 aromatic carbocycles. The molecule has 0 bridgehead atoms. The van der Waals surface area contributed by atoms with Gasteiger partial charge in [0.1, 0.15) is 11.8 Å². The first kappa shape index (κ1) is 18.2. The van der Waals surface area contributed by atoms with E-state index in [4.69, 9.17) is 11.6 Å². The van der Waals surface area contributed by atoms with Gasteiger partial charge in [0.2, 0.25) is 0 Å². The van der Waals surface area contributed by atoms with Crippen LogP contribution in [0.3, 0.4) is 0 Å². The van der Waals surface area contributed by atoms with Crippen LogP contribution in [0.1, 0.15) is 19.4 Å². The SMILES string of the molecule is C/C(=N\NC(=O)[C@@H](C)Nc1nc2ccccc2s1)c1cc(Cl)ccc1O. The number of aromatic nitrogens is 1. The van der Waals surface area contributed by atoms with Crippen molar-refractivity contribution in [2.75, 3.05) is 5.32 Å². The van der Waals surface area contributed by atoms with Gasteiger partial charge in [-0.05, 0) is 44.2 Å². The number of anilines is 1. The van der Waals surface area contributed by atoms with Crippen molar-refractivity contribution >= 4 is 49.9 Å². The van der Waals surface area contributed by atoms with E-state index in [0.29, 0.717) is 21.4 Å². The molecule has 3 aromatic rings. The minimum Gasteiger partial charge on any atom is -0.507 e. The second kappa shape index (κ2) is 7.72. The Hall–Kier alpha value is -2.64. The first-order valence-corrected chi connectivity index (χ1v) is 9.08. The van der Waals surface area contributed by atoms with Crippen LogP contribution in [0.25, 0.3) is 10.2 Å². The summed E-state index contributed by atoms with van der Waals surface area (Å²) < 4.78 is 1.05. The first-order valence-electron chi connectivity index (χ1n) is 7.89. The van der Waals surface area contributed by atoms with Crippen molar-refractivity contribution in [1.29, 1.82) is 0 Å². The second-order valence-corrected chi connectivity index (χ2v) is 7.15. The summed E-state index contributed by atoms with van der Waals surface area (Å²) in [5, 5.41) is 18.1. The van der Waals surface area contributed by atoms with E-state index in [2.05, 4.69) is 20.8 Å². The highest BCUT2D eigenvalue weighted by atomic mass is 35.5. The average Bonchev–Trinajstić information content (AvgIpc) is 3.03. The molecule has 0 unspecified atom stereocenters. The highest BCUT2D eigenvalue weighted by molar-refractivity contribution is 7.22. The molecule has 0 fully saturated rings. The van der Waals surface area contributed by atoms with Crippen LogP contribution in [0.5, 0.6) is 5.75 Å². The Morgan fingerprint density at radius 2 is 2.08 bits per heavy atom. The number of para-hydroxylation sites is 1. The molecule has 1 amide bonds. The molecule has 1 heterocycles. The van der Waals surface area contributed by atoms with E-state index >= 15 is 0 Å². The lowest BCUT2D eigenvalue weighted by molar-refractivity contribution is -0.121. The lowest BCUT2D eigenvalue weighted by Gasteiger charge is -2.11. The van der Waals surface area contributed by atoms with E-state index < -0.39 is 6.04 Å². The maximum Gasteiger partial charge on any atom is 0.262 e. The van der Waals surface area contributed by atoms with Gasteiger partial charge in [-0.15, -0.1) is 0 Å². The third-order valence-corrected chi connectivity index (χ3v) is 4.91. The Morgan fingerprint density at radius 1 is 1.31 bits per heavy atom. The normalized spacial score (nSPS) is 12.8. The number of halogens is 1. The summed E-state index contributed by atoms with van der Waals surface area (Å²) in [5.74, 6) is -0.268. The van der Waals surface area contributed by atoms with Gasteiger partial charge in [0, 0.05) is 10.6 Å². The number of hydrogen-bond acceptors (Lipinski definition) is 6. The molecule has 0 aliphatic rings. The number of thiazole rings is 1. The number of carbonyl (C=O) groups is 1. The molecular formula is C18H17ClN4O2S. The number of benzene rings is 2. The van der Waals surface area contributed by atoms with Crippen LogP contribution in [-0.2, 0) is 4.79 Å². The van der Waals surface area contributed by atoms with Crippen LogP contribution in [0.15, 0.2) is 47.6 Å². The van der Waals surface area contributed by atoms with Crippen LogP contribution in [0.2, 0.25) is 5.02 Å². The highest BCUT2D eigenvalue weighted by Crippen LogP contribution is 2.26. The van der Waals surface area contributed by atoms with Gasteiger partial charge in [-0.3, -0.25) is 4.79 Å². The van der Waals surface area contributed by atoms with Gasteiger partial charge in [0.15, 0.2) is 5.13 Å². The number of phenolic OH excluding ortho intramolecular Hbond substituents is 1. The fourth-order valence-corrected chi connectivity index (χ4v) is 3.40. The lowest BCUT2D eigenvalue weighted by Crippen LogP contribution is -2.35. The Morgan fingerprint density at radius 3 is 2.85 bits per heavy atom. The third-order valence-electron chi connectivity index (χ3n) is 3.71. The Labute approximate surface area is 159 Å². The van der Waals surface area contributed by atoms with Crippen LogP contribution >= 0.6 is 22.9 Å². The number of rotatable bonds is 5. The molecule has 3 N–H and O–H groups in total. The number of hydrazone groups is 1. The molecule has 0 aliphatic carbocycles. The Balaban J connectivity index is 1.66.